The SMILES string of the molecule is CCCn1cnnc1-c1cccc(NC(=O)c2cccc(-c3ccc(C4CC4)nc3)n2)n1. The second kappa shape index (κ2) is 8.66. The summed E-state index contributed by atoms with van der Waals surface area (Å²) in [6.07, 6.45) is 6.91. The highest BCUT2D eigenvalue weighted by Gasteiger charge is 2.24. The van der Waals surface area contributed by atoms with Gasteiger partial charge in [0.15, 0.2) is 5.82 Å². The van der Waals surface area contributed by atoms with Crippen molar-refractivity contribution in [1.82, 2.24) is 29.7 Å². The first kappa shape index (κ1) is 20.0. The van der Waals surface area contributed by atoms with Gasteiger partial charge in [-0.3, -0.25) is 9.78 Å². The van der Waals surface area contributed by atoms with Gasteiger partial charge < -0.3 is 9.88 Å². The van der Waals surface area contributed by atoms with Gasteiger partial charge in [-0.05, 0) is 55.7 Å². The summed E-state index contributed by atoms with van der Waals surface area (Å²) in [5.74, 6) is 1.38. The van der Waals surface area contributed by atoms with E-state index in [4.69, 9.17) is 0 Å². The zero-order valence-corrected chi connectivity index (χ0v) is 17.8. The summed E-state index contributed by atoms with van der Waals surface area (Å²) in [7, 11) is 0. The van der Waals surface area contributed by atoms with E-state index >= 15 is 0 Å². The van der Waals surface area contributed by atoms with Gasteiger partial charge in [-0.25, -0.2) is 9.97 Å². The van der Waals surface area contributed by atoms with Crippen molar-refractivity contribution in [2.45, 2.75) is 38.6 Å². The lowest BCUT2D eigenvalue weighted by Gasteiger charge is -2.08. The van der Waals surface area contributed by atoms with Crippen molar-refractivity contribution in [3.63, 3.8) is 0 Å². The number of amides is 1. The summed E-state index contributed by atoms with van der Waals surface area (Å²) in [5, 5.41) is 11.0. The van der Waals surface area contributed by atoms with E-state index in [0.717, 1.165) is 24.2 Å². The first-order valence-corrected chi connectivity index (χ1v) is 10.8. The number of aryl methyl sites for hydroxylation is 1. The van der Waals surface area contributed by atoms with Gasteiger partial charge in [0.2, 0.25) is 0 Å². The molecular formula is C24H23N7O. The van der Waals surface area contributed by atoms with E-state index in [-0.39, 0.29) is 5.91 Å². The Morgan fingerprint density at radius 1 is 1.06 bits per heavy atom. The molecule has 1 N–H and O–H groups in total. The average Bonchev–Trinajstić information content (AvgIpc) is 3.58. The first-order valence-electron chi connectivity index (χ1n) is 10.8. The summed E-state index contributed by atoms with van der Waals surface area (Å²) in [5.41, 5.74) is 3.69. The molecule has 160 valence electrons. The van der Waals surface area contributed by atoms with Crippen LogP contribution in [0.4, 0.5) is 5.82 Å². The Morgan fingerprint density at radius 2 is 1.91 bits per heavy atom. The standard InChI is InChI=1S/C24H23N7O/c1-2-13-31-15-26-30-23(31)20-6-4-8-22(28-20)29-24(32)21-7-3-5-19(27-21)17-11-12-18(25-14-17)16-9-10-16/h3-8,11-12,14-16H,2,9-10,13H2,1H3,(H,28,29,32). The number of nitrogens with one attached hydrogen (secondary N) is 1. The topological polar surface area (TPSA) is 98.5 Å². The molecule has 4 heterocycles. The molecule has 1 fully saturated rings. The Morgan fingerprint density at radius 3 is 2.69 bits per heavy atom. The van der Waals surface area contributed by atoms with Crippen LogP contribution in [0.5, 0.6) is 0 Å². The summed E-state index contributed by atoms with van der Waals surface area (Å²) in [6.45, 7) is 2.89. The molecule has 1 aliphatic rings. The maximum Gasteiger partial charge on any atom is 0.275 e. The second-order valence-corrected chi connectivity index (χ2v) is 7.86. The minimum atomic E-state index is -0.325. The van der Waals surface area contributed by atoms with Crippen molar-refractivity contribution < 1.29 is 4.79 Å². The largest absolute Gasteiger partial charge is 0.312 e. The van der Waals surface area contributed by atoms with Crippen molar-refractivity contribution in [3.8, 4) is 22.8 Å². The Hall–Kier alpha value is -3.94. The molecule has 4 aromatic heterocycles. The molecule has 0 radical (unpaired) electrons. The van der Waals surface area contributed by atoms with Crippen molar-refractivity contribution >= 4 is 11.7 Å². The molecule has 8 heteroatoms. The first-order chi connectivity index (χ1) is 15.7. The molecule has 1 amide bonds. The van der Waals surface area contributed by atoms with Crippen LogP contribution in [0.3, 0.4) is 0 Å². The van der Waals surface area contributed by atoms with Crippen LogP contribution in [0.2, 0.25) is 0 Å². The molecule has 0 spiro atoms. The third-order valence-corrected chi connectivity index (χ3v) is 5.36. The fourth-order valence-electron chi connectivity index (χ4n) is 3.57. The van der Waals surface area contributed by atoms with E-state index < -0.39 is 0 Å². The van der Waals surface area contributed by atoms with Crippen LogP contribution in [-0.4, -0.2) is 35.6 Å². The number of aromatic nitrogens is 6. The highest BCUT2D eigenvalue weighted by Crippen LogP contribution is 2.39. The Bertz CT molecular complexity index is 1250. The van der Waals surface area contributed by atoms with E-state index in [2.05, 4.69) is 37.4 Å². The number of nitrogens with zero attached hydrogens (tertiary/aromatic N) is 6. The van der Waals surface area contributed by atoms with Crippen molar-refractivity contribution in [2.24, 2.45) is 0 Å². The molecule has 5 rings (SSSR count). The number of carbonyl (C=O) groups is 1. The van der Waals surface area contributed by atoms with Gasteiger partial charge in [0.25, 0.3) is 5.91 Å². The molecule has 0 atom stereocenters. The molecule has 0 aromatic carbocycles. The molecule has 8 nitrogen and oxygen atoms in total. The molecule has 0 unspecified atom stereocenters. The molecule has 1 saturated carbocycles. The smallest absolute Gasteiger partial charge is 0.275 e. The van der Waals surface area contributed by atoms with Gasteiger partial charge in [-0.1, -0.05) is 19.1 Å². The van der Waals surface area contributed by atoms with Crippen LogP contribution in [0.1, 0.15) is 48.3 Å². The lowest BCUT2D eigenvalue weighted by Crippen LogP contribution is -2.15. The third-order valence-electron chi connectivity index (χ3n) is 5.36. The van der Waals surface area contributed by atoms with Crippen LogP contribution >= 0.6 is 0 Å². The van der Waals surface area contributed by atoms with Crippen molar-refractivity contribution in [3.05, 3.63) is 72.4 Å². The predicted octanol–water partition coefficient (Wildman–Crippen LogP) is 4.34. The van der Waals surface area contributed by atoms with Crippen LogP contribution in [0.15, 0.2) is 61.1 Å². The van der Waals surface area contributed by atoms with E-state index in [0.29, 0.717) is 34.6 Å². The number of hydrogen-bond acceptors (Lipinski definition) is 6. The third kappa shape index (κ3) is 4.25. The minimum absolute atomic E-state index is 0.315. The van der Waals surface area contributed by atoms with Crippen molar-refractivity contribution in [1.29, 1.82) is 0 Å². The van der Waals surface area contributed by atoms with E-state index in [1.165, 1.54) is 12.8 Å². The quantitative estimate of drug-likeness (QED) is 0.473. The van der Waals surface area contributed by atoms with Gasteiger partial charge >= 0.3 is 0 Å². The number of pyridine rings is 3. The van der Waals surface area contributed by atoms with Gasteiger partial charge in [0.1, 0.15) is 23.5 Å². The highest BCUT2D eigenvalue weighted by molar-refractivity contribution is 6.02. The normalized spacial score (nSPS) is 13.2. The fourth-order valence-corrected chi connectivity index (χ4v) is 3.57. The molecule has 32 heavy (non-hydrogen) atoms. The van der Waals surface area contributed by atoms with Gasteiger partial charge in [-0.2, -0.15) is 0 Å². The van der Waals surface area contributed by atoms with Crippen LogP contribution < -0.4 is 5.32 Å². The zero-order valence-electron chi connectivity index (χ0n) is 17.8. The van der Waals surface area contributed by atoms with Gasteiger partial charge in [-0.15, -0.1) is 10.2 Å². The minimum Gasteiger partial charge on any atom is -0.312 e. The molecule has 0 aliphatic heterocycles. The van der Waals surface area contributed by atoms with Crippen LogP contribution in [0.25, 0.3) is 22.8 Å². The van der Waals surface area contributed by atoms with E-state index in [9.17, 15) is 4.79 Å². The summed E-state index contributed by atoms with van der Waals surface area (Å²) in [6, 6.07) is 14.9. The summed E-state index contributed by atoms with van der Waals surface area (Å²) in [4.78, 5) is 26.5. The van der Waals surface area contributed by atoms with Gasteiger partial charge in [0, 0.05) is 29.9 Å². The lowest BCUT2D eigenvalue weighted by atomic mass is 10.1. The summed E-state index contributed by atoms with van der Waals surface area (Å²) < 4.78 is 1.95. The molecule has 0 bridgehead atoms. The Kier molecular flexibility index (Phi) is 5.41. The Labute approximate surface area is 185 Å². The molecule has 0 saturated heterocycles. The average molecular weight is 425 g/mol. The molecule has 1 aliphatic carbocycles. The maximum atomic E-state index is 12.9. The van der Waals surface area contributed by atoms with Crippen LogP contribution in [0, 0.1) is 0 Å². The fraction of sp³-hybridized carbons (Fsp3) is 0.250. The van der Waals surface area contributed by atoms with E-state index in [1.807, 2.05) is 47.2 Å². The highest BCUT2D eigenvalue weighted by atomic mass is 16.1. The predicted molar refractivity (Wildman–Crippen MR) is 121 cm³/mol. The lowest BCUT2D eigenvalue weighted by molar-refractivity contribution is 0.102. The Balaban J connectivity index is 1.34. The molecular weight excluding hydrogens is 402 g/mol. The number of anilines is 1. The monoisotopic (exact) mass is 425 g/mol. The second-order valence-electron chi connectivity index (χ2n) is 7.86. The number of carbonyl (C=O) groups excluding carboxylic acids is 1. The van der Waals surface area contributed by atoms with Crippen molar-refractivity contribution in [2.75, 3.05) is 5.32 Å². The van der Waals surface area contributed by atoms with Gasteiger partial charge in [0.05, 0.1) is 5.69 Å². The zero-order chi connectivity index (χ0) is 21.9. The summed E-state index contributed by atoms with van der Waals surface area (Å²) >= 11 is 0. The molecule has 4 aromatic rings. The van der Waals surface area contributed by atoms with Crippen LogP contribution in [-0.2, 0) is 6.54 Å². The number of hydrogen-bond donors (Lipinski definition) is 1. The number of rotatable bonds is 7. The van der Waals surface area contributed by atoms with E-state index in [1.54, 1.807) is 18.5 Å². The maximum absolute atomic E-state index is 12.9.